The van der Waals surface area contributed by atoms with Gasteiger partial charge in [0.25, 0.3) is 6.43 Å². The number of hydrogen-bond donors (Lipinski definition) is 0. The second-order valence-corrected chi connectivity index (χ2v) is 2.89. The van der Waals surface area contributed by atoms with E-state index in [-0.39, 0.29) is 16.4 Å². The molecule has 0 N–H and O–H groups in total. The zero-order valence-electron chi connectivity index (χ0n) is 9.09. The summed E-state index contributed by atoms with van der Waals surface area (Å²) < 4.78 is 29.5. The van der Waals surface area contributed by atoms with Crippen molar-refractivity contribution in [3.05, 3.63) is 16.7 Å². The van der Waals surface area contributed by atoms with Crippen LogP contribution in [0, 0.1) is 4.91 Å². The van der Waals surface area contributed by atoms with Gasteiger partial charge in [0.15, 0.2) is 10.6 Å². The minimum Gasteiger partial charge on any atom is -0.464 e. The van der Waals surface area contributed by atoms with Crippen molar-refractivity contribution in [2.75, 3.05) is 14.2 Å². The Hall–Kier alpha value is -2.06. The Bertz CT molecular complexity index is 432. The zero-order chi connectivity index (χ0) is 13.0. The summed E-state index contributed by atoms with van der Waals surface area (Å²) >= 11 is 0. The van der Waals surface area contributed by atoms with E-state index < -0.39 is 18.9 Å². The topological polar surface area (TPSA) is 73.4 Å². The molecule has 0 aromatic carbocycles. The molecule has 0 aliphatic rings. The van der Waals surface area contributed by atoms with Crippen LogP contribution in [-0.2, 0) is 16.1 Å². The summed E-state index contributed by atoms with van der Waals surface area (Å²) in [6.07, 6.45) is -2.71. The predicted molar refractivity (Wildman–Crippen MR) is 49.9 cm³/mol. The molecule has 0 spiro atoms. The number of halogens is 2. The van der Waals surface area contributed by atoms with E-state index >= 15 is 0 Å². The highest BCUT2D eigenvalue weighted by Crippen LogP contribution is 2.15. The van der Waals surface area contributed by atoms with Crippen LogP contribution >= 0.6 is 0 Å². The highest BCUT2D eigenvalue weighted by molar-refractivity contribution is 5.88. The summed E-state index contributed by atoms with van der Waals surface area (Å²) in [6, 6.07) is 1.00. The van der Waals surface area contributed by atoms with Crippen molar-refractivity contribution in [3.63, 3.8) is 0 Å². The van der Waals surface area contributed by atoms with E-state index in [9.17, 15) is 18.5 Å². The molecule has 0 bridgehead atoms. The molecule has 17 heavy (non-hydrogen) atoms. The molecule has 0 aliphatic carbocycles. The number of carbonyl (C=O) groups is 1. The predicted octanol–water partition coefficient (Wildman–Crippen LogP) is 0.907. The third-order valence-electron chi connectivity index (χ3n) is 1.83. The average molecular weight is 250 g/mol. The third-order valence-corrected chi connectivity index (χ3v) is 1.83. The van der Waals surface area contributed by atoms with Gasteiger partial charge in [0, 0.05) is 0 Å². The molecule has 0 amide bonds. The van der Waals surface area contributed by atoms with E-state index in [0.717, 1.165) is 20.3 Å². The lowest BCUT2D eigenvalue weighted by Gasteiger charge is -1.99. The Morgan fingerprint density at radius 2 is 2.24 bits per heavy atom. The molecule has 1 aromatic rings. The molecule has 0 atom stereocenters. The zero-order valence-corrected chi connectivity index (χ0v) is 9.09. The van der Waals surface area contributed by atoms with Crippen LogP contribution in [0.3, 0.4) is 0 Å². The quantitative estimate of drug-likeness (QED) is 0.573. The van der Waals surface area contributed by atoms with Gasteiger partial charge in [-0.15, -0.1) is 0 Å². The summed E-state index contributed by atoms with van der Waals surface area (Å²) in [5.41, 5.74) is -0.249. The highest BCUT2D eigenvalue weighted by Gasteiger charge is 2.28. The van der Waals surface area contributed by atoms with Gasteiger partial charge < -0.3 is 9.57 Å². The Morgan fingerprint density at radius 1 is 1.59 bits per heavy atom. The van der Waals surface area contributed by atoms with E-state index in [2.05, 4.69) is 14.7 Å². The van der Waals surface area contributed by atoms with Crippen molar-refractivity contribution < 1.29 is 28.1 Å². The fourth-order valence-electron chi connectivity index (χ4n) is 1.12. The summed E-state index contributed by atoms with van der Waals surface area (Å²) in [7, 11) is 2.17. The molecule has 0 saturated heterocycles. The fourth-order valence-corrected chi connectivity index (χ4v) is 1.12. The van der Waals surface area contributed by atoms with Gasteiger partial charge in [-0.05, 0) is 4.91 Å². The SMILES string of the molecule is COC(=O)c1cc([N+](=O)OC)nn1CC(F)F. The molecular weight excluding hydrogens is 240 g/mol. The van der Waals surface area contributed by atoms with Crippen molar-refractivity contribution in [2.24, 2.45) is 0 Å². The number of hydrogen-bond acceptors (Lipinski definition) is 5. The van der Waals surface area contributed by atoms with E-state index in [0.29, 0.717) is 4.68 Å². The number of nitrogens with zero attached hydrogens (tertiary/aromatic N) is 3. The maximum atomic E-state index is 12.2. The van der Waals surface area contributed by atoms with Crippen LogP contribution in [0.1, 0.15) is 10.5 Å². The molecule has 0 fully saturated rings. The van der Waals surface area contributed by atoms with Crippen molar-refractivity contribution in [1.29, 1.82) is 0 Å². The molecule has 0 unspecified atom stereocenters. The van der Waals surface area contributed by atoms with Crippen LogP contribution in [0.5, 0.6) is 0 Å². The lowest BCUT2D eigenvalue weighted by Crippen LogP contribution is -2.16. The Morgan fingerprint density at radius 3 is 2.71 bits per heavy atom. The van der Waals surface area contributed by atoms with Gasteiger partial charge in [-0.3, -0.25) is 0 Å². The Kier molecular flexibility index (Phi) is 4.07. The van der Waals surface area contributed by atoms with Crippen molar-refractivity contribution >= 4 is 11.8 Å². The first-order chi connectivity index (χ1) is 7.99. The lowest BCUT2D eigenvalue weighted by atomic mass is 10.4. The van der Waals surface area contributed by atoms with Crippen molar-refractivity contribution in [2.45, 2.75) is 13.0 Å². The van der Waals surface area contributed by atoms with Gasteiger partial charge in [0.05, 0.1) is 18.3 Å². The molecule has 94 valence electrons. The monoisotopic (exact) mass is 250 g/mol. The number of carbonyl (C=O) groups excluding carboxylic acids is 1. The summed E-state index contributed by atoms with van der Waals surface area (Å²) in [5.74, 6) is -1.18. The number of ether oxygens (including phenoxy) is 1. The van der Waals surface area contributed by atoms with Gasteiger partial charge in [-0.25, -0.2) is 13.6 Å². The Labute approximate surface area is 94.4 Å². The number of rotatable bonds is 5. The molecule has 9 heteroatoms. The lowest BCUT2D eigenvalue weighted by molar-refractivity contribution is -0.739. The maximum Gasteiger partial charge on any atom is 0.434 e. The molecule has 1 aromatic heterocycles. The molecule has 1 heterocycles. The van der Waals surface area contributed by atoms with E-state index in [1.165, 1.54) is 0 Å². The first-order valence-corrected chi connectivity index (χ1v) is 4.45. The number of alkyl halides is 2. The molecular formula is C8H10F2N3O4+. The first-order valence-electron chi connectivity index (χ1n) is 4.45. The number of aromatic nitrogens is 2. The standard InChI is InChI=1S/C8H10F2N3O4/c1-16-8(14)5-3-7(13(15)17-2)11-12(5)4-6(9)10/h3,6H,4H2,1-2H3/q+1. The van der Waals surface area contributed by atoms with Crippen LogP contribution in [0.2, 0.25) is 0 Å². The average Bonchev–Trinajstić information content (AvgIpc) is 2.70. The molecule has 7 nitrogen and oxygen atoms in total. The van der Waals surface area contributed by atoms with Gasteiger partial charge >= 0.3 is 11.8 Å². The number of esters is 1. The van der Waals surface area contributed by atoms with Gasteiger partial charge in [0.1, 0.15) is 13.7 Å². The fraction of sp³-hybridized carbons (Fsp3) is 0.500. The first kappa shape index (κ1) is 13.0. The van der Waals surface area contributed by atoms with Crippen LogP contribution < -0.4 is 0 Å². The second kappa shape index (κ2) is 5.32. The van der Waals surface area contributed by atoms with Crippen LogP contribution in [0.25, 0.3) is 0 Å². The highest BCUT2D eigenvalue weighted by atomic mass is 19.3. The van der Waals surface area contributed by atoms with E-state index in [1.807, 2.05) is 0 Å². The van der Waals surface area contributed by atoms with Crippen LogP contribution in [0.15, 0.2) is 6.07 Å². The second-order valence-electron chi connectivity index (χ2n) is 2.89. The number of methoxy groups -OCH3 is 1. The minimum absolute atomic E-state index is 0.00555. The van der Waals surface area contributed by atoms with Crippen LogP contribution in [-0.4, -0.2) is 41.3 Å². The largest absolute Gasteiger partial charge is 0.464 e. The van der Waals surface area contributed by atoms with Crippen molar-refractivity contribution in [3.8, 4) is 0 Å². The summed E-state index contributed by atoms with van der Waals surface area (Å²) in [4.78, 5) is 26.6. The van der Waals surface area contributed by atoms with E-state index in [1.54, 1.807) is 0 Å². The summed E-state index contributed by atoms with van der Waals surface area (Å²) in [5, 5.41) is 3.51. The molecule has 1 rings (SSSR count). The smallest absolute Gasteiger partial charge is 0.434 e. The summed E-state index contributed by atoms with van der Waals surface area (Å²) in [6.45, 7) is -0.817. The third kappa shape index (κ3) is 2.95. The molecule has 0 aliphatic heterocycles. The van der Waals surface area contributed by atoms with Crippen LogP contribution in [0.4, 0.5) is 14.6 Å². The molecule has 0 saturated carbocycles. The van der Waals surface area contributed by atoms with Gasteiger partial charge in [-0.1, -0.05) is 0 Å². The Balaban J connectivity index is 3.11. The van der Waals surface area contributed by atoms with E-state index in [4.69, 9.17) is 0 Å². The minimum atomic E-state index is -2.71. The van der Waals surface area contributed by atoms with Crippen molar-refractivity contribution in [1.82, 2.24) is 9.78 Å². The normalized spacial score (nSPS) is 10.4. The maximum absolute atomic E-state index is 12.2. The molecule has 0 radical (unpaired) electrons. The van der Waals surface area contributed by atoms with Gasteiger partial charge in [-0.2, -0.15) is 4.68 Å². The van der Waals surface area contributed by atoms with Gasteiger partial charge in [0.2, 0.25) is 0 Å².